The van der Waals surface area contributed by atoms with E-state index in [1.165, 1.54) is 4.90 Å². The molecular formula is C19H20FN3O6S2. The van der Waals surface area contributed by atoms with Gasteiger partial charge in [-0.3, -0.25) is 9.59 Å². The van der Waals surface area contributed by atoms with Crippen molar-refractivity contribution in [1.82, 2.24) is 4.90 Å². The van der Waals surface area contributed by atoms with E-state index < -0.39 is 39.3 Å². The molecule has 0 atom stereocenters. The number of carbonyl (C=O) groups is 3. The molecule has 1 aliphatic rings. The molecule has 0 bridgehead atoms. The van der Waals surface area contributed by atoms with E-state index in [1.54, 1.807) is 6.92 Å². The number of hydrogen-bond acceptors (Lipinski definition) is 7. The Morgan fingerprint density at radius 3 is 2.55 bits per heavy atom. The van der Waals surface area contributed by atoms with Gasteiger partial charge in [-0.25, -0.2) is 17.6 Å². The molecule has 1 aromatic carbocycles. The van der Waals surface area contributed by atoms with E-state index in [0.29, 0.717) is 23.4 Å². The molecule has 3 rings (SSSR count). The van der Waals surface area contributed by atoms with Gasteiger partial charge in [0.15, 0.2) is 9.84 Å². The second kappa shape index (κ2) is 9.02. The summed E-state index contributed by atoms with van der Waals surface area (Å²) in [5, 5.41) is 2.57. The van der Waals surface area contributed by atoms with Crippen LogP contribution in [0.1, 0.15) is 27.7 Å². The summed E-state index contributed by atoms with van der Waals surface area (Å²) >= 11 is 1.05. The number of carbonyl (C=O) groups excluding carboxylic acids is 3. The lowest BCUT2D eigenvalue weighted by Gasteiger charge is -2.26. The van der Waals surface area contributed by atoms with Crippen molar-refractivity contribution in [2.45, 2.75) is 24.8 Å². The zero-order valence-corrected chi connectivity index (χ0v) is 18.1. The topological polar surface area (TPSA) is 136 Å². The summed E-state index contributed by atoms with van der Waals surface area (Å²) in [7, 11) is -4.02. The first-order valence-electron chi connectivity index (χ1n) is 9.26. The number of nitrogens with zero attached hydrogens (tertiary/aromatic N) is 1. The molecular weight excluding hydrogens is 449 g/mol. The van der Waals surface area contributed by atoms with Crippen LogP contribution in [0.4, 0.5) is 14.2 Å². The Labute approximate surface area is 181 Å². The number of thiophene rings is 1. The molecule has 0 spiro atoms. The Kier molecular flexibility index (Phi) is 6.60. The number of hydrogen-bond donors (Lipinski definition) is 2. The number of halogens is 1. The zero-order chi connectivity index (χ0) is 22.8. The Morgan fingerprint density at radius 1 is 1.26 bits per heavy atom. The fourth-order valence-electron chi connectivity index (χ4n) is 3.18. The van der Waals surface area contributed by atoms with Crippen LogP contribution in [0.5, 0.6) is 0 Å². The largest absolute Gasteiger partial charge is 0.450 e. The molecule has 0 saturated carbocycles. The molecule has 1 aromatic heterocycles. The lowest BCUT2D eigenvalue weighted by molar-refractivity contribution is -0.113. The molecule has 166 valence electrons. The van der Waals surface area contributed by atoms with Gasteiger partial charge in [0.2, 0.25) is 5.91 Å². The molecule has 3 N–H and O–H groups in total. The molecule has 1 aliphatic heterocycles. The Bertz CT molecular complexity index is 1130. The average molecular weight is 470 g/mol. The van der Waals surface area contributed by atoms with Gasteiger partial charge in [-0.1, -0.05) is 0 Å². The molecule has 12 heteroatoms. The molecule has 2 aromatic rings. The van der Waals surface area contributed by atoms with Crippen LogP contribution in [0.3, 0.4) is 0 Å². The number of amides is 3. The van der Waals surface area contributed by atoms with Gasteiger partial charge in [0, 0.05) is 11.4 Å². The first-order valence-corrected chi connectivity index (χ1v) is 11.7. The predicted octanol–water partition coefficient (Wildman–Crippen LogP) is 1.91. The van der Waals surface area contributed by atoms with Crippen molar-refractivity contribution in [3.05, 3.63) is 46.1 Å². The summed E-state index contributed by atoms with van der Waals surface area (Å²) in [6, 6.07) is 4.11. The molecule has 0 radical (unpaired) electrons. The molecule has 9 nitrogen and oxygen atoms in total. The first kappa shape index (κ1) is 22.7. The summed E-state index contributed by atoms with van der Waals surface area (Å²) in [5.41, 5.74) is 6.22. The van der Waals surface area contributed by atoms with E-state index in [1.807, 2.05) is 0 Å². The number of primary amides is 1. The quantitative estimate of drug-likeness (QED) is 0.621. The summed E-state index contributed by atoms with van der Waals surface area (Å²) in [5.74, 6) is -3.13. The monoisotopic (exact) mass is 469 g/mol. The van der Waals surface area contributed by atoms with Crippen molar-refractivity contribution < 1.29 is 31.9 Å². The number of nitrogens with two attached hydrogens (primary N) is 1. The van der Waals surface area contributed by atoms with Gasteiger partial charge in [-0.15, -0.1) is 11.3 Å². The van der Waals surface area contributed by atoms with Crippen LogP contribution in [0.25, 0.3) is 0 Å². The predicted molar refractivity (Wildman–Crippen MR) is 111 cm³/mol. The fraction of sp³-hybridized carbons (Fsp3) is 0.316. The van der Waals surface area contributed by atoms with Crippen molar-refractivity contribution in [3.63, 3.8) is 0 Å². The highest BCUT2D eigenvalue weighted by Gasteiger charge is 2.30. The summed E-state index contributed by atoms with van der Waals surface area (Å²) < 4.78 is 42.8. The van der Waals surface area contributed by atoms with E-state index in [0.717, 1.165) is 35.6 Å². The van der Waals surface area contributed by atoms with Gasteiger partial charge in [0.1, 0.15) is 16.6 Å². The van der Waals surface area contributed by atoms with Gasteiger partial charge in [0.25, 0.3) is 5.91 Å². The molecule has 0 aliphatic carbocycles. The van der Waals surface area contributed by atoms with Crippen molar-refractivity contribution in [2.24, 2.45) is 5.73 Å². The zero-order valence-electron chi connectivity index (χ0n) is 16.5. The van der Waals surface area contributed by atoms with Gasteiger partial charge < -0.3 is 20.7 Å². The minimum atomic E-state index is -4.02. The van der Waals surface area contributed by atoms with Crippen LogP contribution in [-0.2, 0) is 32.3 Å². The number of sulfone groups is 1. The number of ether oxygens (including phenoxy) is 1. The fourth-order valence-corrected chi connectivity index (χ4v) is 5.60. The summed E-state index contributed by atoms with van der Waals surface area (Å²) in [6.07, 6.45) is -0.148. The minimum absolute atomic E-state index is 0.107. The molecule has 3 amide bonds. The number of nitrogens with one attached hydrogen (secondary N) is 1. The van der Waals surface area contributed by atoms with E-state index in [4.69, 9.17) is 10.5 Å². The SMILES string of the molecule is CCOC(=O)N1CCc2c(sc(NC(=O)CS(=O)(=O)c3ccc(F)cc3)c2C(N)=O)C1. The lowest BCUT2D eigenvalue weighted by atomic mass is 10.0. The second-order valence-corrected chi connectivity index (χ2v) is 9.80. The Balaban J connectivity index is 1.80. The summed E-state index contributed by atoms with van der Waals surface area (Å²) in [6.45, 7) is 2.41. The first-order chi connectivity index (χ1) is 14.6. The van der Waals surface area contributed by atoms with Gasteiger partial charge >= 0.3 is 6.09 Å². The third kappa shape index (κ3) is 5.02. The maximum Gasteiger partial charge on any atom is 0.410 e. The van der Waals surface area contributed by atoms with Gasteiger partial charge in [-0.2, -0.15) is 0 Å². The van der Waals surface area contributed by atoms with Crippen LogP contribution in [0.2, 0.25) is 0 Å². The summed E-state index contributed by atoms with van der Waals surface area (Å²) in [4.78, 5) is 38.3. The molecule has 0 saturated heterocycles. The van der Waals surface area contributed by atoms with E-state index in [2.05, 4.69) is 5.32 Å². The third-order valence-electron chi connectivity index (χ3n) is 4.58. The van der Waals surface area contributed by atoms with E-state index in [9.17, 15) is 27.2 Å². The van der Waals surface area contributed by atoms with Crippen LogP contribution in [-0.4, -0.2) is 50.1 Å². The number of benzene rings is 1. The highest BCUT2D eigenvalue weighted by molar-refractivity contribution is 7.92. The van der Waals surface area contributed by atoms with Gasteiger partial charge in [-0.05, 0) is 43.2 Å². The van der Waals surface area contributed by atoms with Crippen LogP contribution in [0, 0.1) is 5.82 Å². The molecule has 2 heterocycles. The normalized spacial score (nSPS) is 13.4. The smallest absolute Gasteiger partial charge is 0.410 e. The minimum Gasteiger partial charge on any atom is -0.450 e. The van der Waals surface area contributed by atoms with Crippen LogP contribution < -0.4 is 11.1 Å². The molecule has 0 fully saturated rings. The van der Waals surface area contributed by atoms with Crippen molar-refractivity contribution in [3.8, 4) is 0 Å². The van der Waals surface area contributed by atoms with Gasteiger partial charge in [0.05, 0.1) is 23.6 Å². The number of anilines is 1. The highest BCUT2D eigenvalue weighted by Crippen LogP contribution is 2.37. The van der Waals surface area contributed by atoms with Crippen LogP contribution >= 0.6 is 11.3 Å². The van der Waals surface area contributed by atoms with E-state index in [-0.39, 0.29) is 28.6 Å². The van der Waals surface area contributed by atoms with Crippen molar-refractivity contribution in [1.29, 1.82) is 0 Å². The number of fused-ring (bicyclic) bond motifs is 1. The number of rotatable bonds is 6. The molecule has 31 heavy (non-hydrogen) atoms. The van der Waals surface area contributed by atoms with Crippen molar-refractivity contribution >= 4 is 44.1 Å². The highest BCUT2D eigenvalue weighted by atomic mass is 32.2. The second-order valence-electron chi connectivity index (χ2n) is 6.70. The van der Waals surface area contributed by atoms with E-state index >= 15 is 0 Å². The Hall–Kier alpha value is -2.99. The molecule has 0 unspecified atom stereocenters. The maximum absolute atomic E-state index is 13.0. The average Bonchev–Trinajstić information content (AvgIpc) is 3.04. The van der Waals surface area contributed by atoms with Crippen molar-refractivity contribution in [2.75, 3.05) is 24.2 Å². The van der Waals surface area contributed by atoms with Crippen LogP contribution in [0.15, 0.2) is 29.2 Å². The maximum atomic E-state index is 13.0. The third-order valence-corrected chi connectivity index (χ3v) is 7.34. The lowest BCUT2D eigenvalue weighted by Crippen LogP contribution is -2.36. The Morgan fingerprint density at radius 2 is 1.94 bits per heavy atom. The standard InChI is InChI=1S/C19H20FN3O6S2/c1-2-29-19(26)23-8-7-13-14(9-23)30-18(16(13)17(21)25)22-15(24)10-31(27,28)12-5-3-11(20)4-6-12/h3-6H,2,7-10H2,1H3,(H2,21,25)(H,22,24).